The van der Waals surface area contributed by atoms with Gasteiger partial charge in [-0.05, 0) is 32.0 Å². The minimum Gasteiger partial charge on any atom is -0.289 e. The Balaban J connectivity index is 1.97. The van der Waals surface area contributed by atoms with Crippen molar-refractivity contribution in [1.29, 1.82) is 0 Å². The highest BCUT2D eigenvalue weighted by Gasteiger charge is 2.10. The second-order valence-corrected chi connectivity index (χ2v) is 4.50. The maximum absolute atomic E-state index is 4.30. The number of rotatable bonds is 3. The molecule has 0 saturated heterocycles. The normalized spacial score (nSPS) is 11.1. The molecule has 19 heavy (non-hydrogen) atoms. The molecule has 0 aliphatic carbocycles. The number of aromatic nitrogens is 6. The average molecular weight is 254 g/mol. The molecule has 3 rings (SSSR count). The van der Waals surface area contributed by atoms with Crippen molar-refractivity contribution >= 4 is 0 Å². The van der Waals surface area contributed by atoms with Gasteiger partial charge in [-0.3, -0.25) is 9.25 Å². The van der Waals surface area contributed by atoms with E-state index in [1.165, 1.54) is 0 Å². The topological polar surface area (TPSA) is 61.4 Å². The molecule has 0 amide bonds. The lowest BCUT2D eigenvalue weighted by Crippen LogP contribution is -2.06. The fourth-order valence-electron chi connectivity index (χ4n) is 1.92. The number of hydrogen-bond acceptors (Lipinski definition) is 4. The Bertz CT molecular complexity index is 651. The van der Waals surface area contributed by atoms with Gasteiger partial charge in [0.2, 0.25) is 0 Å². The zero-order valence-corrected chi connectivity index (χ0v) is 10.8. The summed E-state index contributed by atoms with van der Waals surface area (Å²) in [5.41, 5.74) is 1.79. The Morgan fingerprint density at radius 1 is 1.05 bits per heavy atom. The highest BCUT2D eigenvalue weighted by Crippen LogP contribution is 2.19. The molecule has 0 fully saturated rings. The van der Waals surface area contributed by atoms with E-state index in [-0.39, 0.29) is 0 Å². The van der Waals surface area contributed by atoms with Gasteiger partial charge in [0.05, 0.1) is 5.69 Å². The third kappa shape index (κ3) is 2.12. The van der Waals surface area contributed by atoms with Crippen molar-refractivity contribution in [3.05, 3.63) is 43.1 Å². The predicted octanol–water partition coefficient (Wildman–Crippen LogP) is 2.11. The van der Waals surface area contributed by atoms with Gasteiger partial charge in [0.15, 0.2) is 5.82 Å². The molecule has 0 aromatic carbocycles. The van der Waals surface area contributed by atoms with E-state index >= 15 is 0 Å². The molecule has 3 aromatic rings. The first-order chi connectivity index (χ1) is 9.25. The molecule has 0 bridgehead atoms. The van der Waals surface area contributed by atoms with Crippen LogP contribution in [0.25, 0.3) is 17.2 Å². The van der Waals surface area contributed by atoms with Crippen LogP contribution in [-0.4, -0.2) is 29.5 Å². The molecule has 0 radical (unpaired) electrons. The van der Waals surface area contributed by atoms with Crippen molar-refractivity contribution in [2.45, 2.75) is 19.9 Å². The standard InChI is InChI=1S/C13H14N6/c1-10(2)19-12(5-6-15-19)11-3-4-13(17-16-11)18-8-7-14-9-18/h3-10H,1-2H3. The van der Waals surface area contributed by atoms with Gasteiger partial charge in [-0.1, -0.05) is 0 Å². The van der Waals surface area contributed by atoms with Crippen LogP contribution in [0.15, 0.2) is 43.1 Å². The van der Waals surface area contributed by atoms with Crippen molar-refractivity contribution < 1.29 is 0 Å². The van der Waals surface area contributed by atoms with Crippen molar-refractivity contribution in [2.75, 3.05) is 0 Å². The van der Waals surface area contributed by atoms with E-state index in [0.717, 1.165) is 17.2 Å². The highest BCUT2D eigenvalue weighted by atomic mass is 15.3. The number of nitrogens with zero attached hydrogens (tertiary/aromatic N) is 6. The van der Waals surface area contributed by atoms with Gasteiger partial charge in [0.25, 0.3) is 0 Å². The fourth-order valence-corrected chi connectivity index (χ4v) is 1.92. The fraction of sp³-hybridized carbons (Fsp3) is 0.231. The van der Waals surface area contributed by atoms with E-state index in [1.807, 2.05) is 33.6 Å². The maximum Gasteiger partial charge on any atom is 0.160 e. The quantitative estimate of drug-likeness (QED) is 0.718. The van der Waals surface area contributed by atoms with E-state index in [1.54, 1.807) is 18.7 Å². The van der Waals surface area contributed by atoms with Crippen molar-refractivity contribution in [3.8, 4) is 17.2 Å². The molecule has 96 valence electrons. The largest absolute Gasteiger partial charge is 0.289 e. The predicted molar refractivity (Wildman–Crippen MR) is 70.8 cm³/mol. The SMILES string of the molecule is CC(C)n1nccc1-c1ccc(-n2ccnc2)nn1. The van der Waals surface area contributed by atoms with E-state index in [2.05, 4.69) is 34.1 Å². The summed E-state index contributed by atoms with van der Waals surface area (Å²) in [4.78, 5) is 3.99. The Kier molecular flexibility index (Phi) is 2.83. The molecule has 0 spiro atoms. The Hall–Kier alpha value is -2.50. The molecule has 0 aliphatic heterocycles. The summed E-state index contributed by atoms with van der Waals surface area (Å²) in [6.45, 7) is 4.17. The van der Waals surface area contributed by atoms with Crippen LogP contribution in [0.4, 0.5) is 0 Å². The van der Waals surface area contributed by atoms with Crippen LogP contribution in [0.1, 0.15) is 19.9 Å². The maximum atomic E-state index is 4.30. The van der Waals surface area contributed by atoms with Crippen LogP contribution in [0.5, 0.6) is 0 Å². The Morgan fingerprint density at radius 3 is 2.58 bits per heavy atom. The van der Waals surface area contributed by atoms with Gasteiger partial charge in [0, 0.05) is 24.6 Å². The van der Waals surface area contributed by atoms with Crippen LogP contribution < -0.4 is 0 Å². The lowest BCUT2D eigenvalue weighted by Gasteiger charge is -2.10. The van der Waals surface area contributed by atoms with Crippen molar-refractivity contribution in [1.82, 2.24) is 29.5 Å². The summed E-state index contributed by atoms with van der Waals surface area (Å²) in [5.74, 6) is 0.747. The molecule has 3 heterocycles. The number of hydrogen-bond donors (Lipinski definition) is 0. The zero-order chi connectivity index (χ0) is 13.2. The first-order valence-corrected chi connectivity index (χ1v) is 6.11. The summed E-state index contributed by atoms with van der Waals surface area (Å²) in [6.07, 6.45) is 7.02. The lowest BCUT2D eigenvalue weighted by molar-refractivity contribution is 0.537. The van der Waals surface area contributed by atoms with Gasteiger partial charge in [0.1, 0.15) is 12.0 Å². The molecular formula is C13H14N6. The van der Waals surface area contributed by atoms with Gasteiger partial charge in [-0.2, -0.15) is 5.10 Å². The Morgan fingerprint density at radius 2 is 1.95 bits per heavy atom. The van der Waals surface area contributed by atoms with E-state index in [0.29, 0.717) is 6.04 Å². The summed E-state index contributed by atoms with van der Waals surface area (Å²) in [5, 5.41) is 12.8. The molecule has 0 aliphatic rings. The Labute approximate surface area is 110 Å². The summed E-state index contributed by atoms with van der Waals surface area (Å²) < 4.78 is 3.75. The first-order valence-electron chi connectivity index (χ1n) is 6.11. The van der Waals surface area contributed by atoms with E-state index in [4.69, 9.17) is 0 Å². The second kappa shape index (κ2) is 4.64. The van der Waals surface area contributed by atoms with Crippen molar-refractivity contribution in [3.63, 3.8) is 0 Å². The van der Waals surface area contributed by atoms with E-state index < -0.39 is 0 Å². The monoisotopic (exact) mass is 254 g/mol. The van der Waals surface area contributed by atoms with E-state index in [9.17, 15) is 0 Å². The molecule has 0 saturated carbocycles. The van der Waals surface area contributed by atoms with Crippen LogP contribution in [0.2, 0.25) is 0 Å². The summed E-state index contributed by atoms with van der Waals surface area (Å²) >= 11 is 0. The average Bonchev–Trinajstić information content (AvgIpc) is 3.10. The molecule has 6 nitrogen and oxygen atoms in total. The zero-order valence-electron chi connectivity index (χ0n) is 10.8. The minimum atomic E-state index is 0.292. The smallest absolute Gasteiger partial charge is 0.160 e. The van der Waals surface area contributed by atoms with Gasteiger partial charge in [-0.25, -0.2) is 4.98 Å². The van der Waals surface area contributed by atoms with Crippen LogP contribution in [0, 0.1) is 0 Å². The van der Waals surface area contributed by atoms with Gasteiger partial charge >= 0.3 is 0 Å². The van der Waals surface area contributed by atoms with Crippen molar-refractivity contribution in [2.24, 2.45) is 0 Å². The number of imidazole rings is 1. The van der Waals surface area contributed by atoms with Crippen LogP contribution >= 0.6 is 0 Å². The van der Waals surface area contributed by atoms with Crippen LogP contribution in [0.3, 0.4) is 0 Å². The summed E-state index contributed by atoms with van der Waals surface area (Å²) in [7, 11) is 0. The lowest BCUT2D eigenvalue weighted by atomic mass is 10.2. The first kappa shape index (κ1) is 11.6. The molecular weight excluding hydrogens is 240 g/mol. The van der Waals surface area contributed by atoms with Gasteiger partial charge < -0.3 is 0 Å². The second-order valence-electron chi connectivity index (χ2n) is 4.50. The third-order valence-electron chi connectivity index (χ3n) is 2.84. The van der Waals surface area contributed by atoms with Crippen LogP contribution in [-0.2, 0) is 0 Å². The molecule has 3 aromatic heterocycles. The minimum absolute atomic E-state index is 0.292. The molecule has 0 unspecified atom stereocenters. The third-order valence-corrected chi connectivity index (χ3v) is 2.84. The molecule has 6 heteroatoms. The summed E-state index contributed by atoms with van der Waals surface area (Å²) in [6, 6.07) is 6.10. The molecule has 0 N–H and O–H groups in total. The molecule has 0 atom stereocenters. The van der Waals surface area contributed by atoms with Gasteiger partial charge in [-0.15, -0.1) is 10.2 Å². The highest BCUT2D eigenvalue weighted by molar-refractivity contribution is 5.54.